The summed E-state index contributed by atoms with van der Waals surface area (Å²) in [4.78, 5) is 12.5. The van der Waals surface area contributed by atoms with Crippen molar-refractivity contribution in [2.45, 2.75) is 122 Å². The van der Waals surface area contributed by atoms with E-state index in [-0.39, 0.29) is 35.1 Å². The third-order valence-electron chi connectivity index (χ3n) is 11.7. The molecule has 0 aromatic rings. The number of carbonyl (C=O) groups is 1. The Morgan fingerprint density at radius 1 is 0.971 bits per heavy atom. The maximum Gasteiger partial charge on any atom is 0.306 e. The van der Waals surface area contributed by atoms with Crippen molar-refractivity contribution in [1.82, 2.24) is 0 Å². The molecule has 4 saturated carbocycles. The topological polar surface area (TPSA) is 96.2 Å². The molecule has 35 heavy (non-hydrogen) atoms. The van der Waals surface area contributed by atoms with Crippen molar-refractivity contribution in [2.24, 2.45) is 46.3 Å². The Bertz CT molecular complexity index is 772. The highest BCUT2D eigenvalue weighted by Gasteiger charge is 2.62. The Morgan fingerprint density at radius 3 is 2.49 bits per heavy atom. The van der Waals surface area contributed by atoms with Crippen LogP contribution in [0.4, 0.5) is 0 Å². The lowest BCUT2D eigenvalue weighted by Crippen LogP contribution is -2.58. The van der Waals surface area contributed by atoms with Crippen LogP contribution in [-0.4, -0.2) is 52.5 Å². The maximum atomic E-state index is 12.5. The fraction of sp³-hybridized carbons (Fsp3) is 0.966. The van der Waals surface area contributed by atoms with E-state index in [1.54, 1.807) is 0 Å². The largest absolute Gasteiger partial charge is 0.462 e. The van der Waals surface area contributed by atoms with Crippen LogP contribution in [0.3, 0.4) is 0 Å². The molecule has 12 atom stereocenters. The molecule has 12 unspecified atom stereocenters. The van der Waals surface area contributed by atoms with Gasteiger partial charge in [-0.1, -0.05) is 20.8 Å². The van der Waals surface area contributed by atoms with E-state index < -0.39 is 6.29 Å². The van der Waals surface area contributed by atoms with E-state index in [1.165, 1.54) is 25.7 Å². The number of aliphatic hydroxyl groups is 3. The van der Waals surface area contributed by atoms with Gasteiger partial charge in [-0.05, 0) is 104 Å². The zero-order chi connectivity index (χ0) is 25.0. The van der Waals surface area contributed by atoms with Gasteiger partial charge < -0.3 is 24.8 Å². The van der Waals surface area contributed by atoms with Gasteiger partial charge >= 0.3 is 5.97 Å². The zero-order valence-corrected chi connectivity index (χ0v) is 22.0. The number of fused-ring (bicyclic) bond motifs is 5. The van der Waals surface area contributed by atoms with Crippen molar-refractivity contribution in [3.8, 4) is 0 Å². The van der Waals surface area contributed by atoms with E-state index in [4.69, 9.17) is 9.47 Å². The van der Waals surface area contributed by atoms with Crippen LogP contribution >= 0.6 is 0 Å². The van der Waals surface area contributed by atoms with Crippen molar-refractivity contribution in [1.29, 1.82) is 0 Å². The zero-order valence-electron chi connectivity index (χ0n) is 22.0. The van der Waals surface area contributed by atoms with Gasteiger partial charge in [-0.3, -0.25) is 4.79 Å². The highest BCUT2D eigenvalue weighted by atomic mass is 16.6. The lowest BCUT2D eigenvalue weighted by molar-refractivity contribution is -0.177. The average molecular weight is 493 g/mol. The van der Waals surface area contributed by atoms with Gasteiger partial charge in [0.25, 0.3) is 0 Å². The number of ether oxygens (including phenoxy) is 2. The van der Waals surface area contributed by atoms with Gasteiger partial charge in [-0.25, -0.2) is 0 Å². The van der Waals surface area contributed by atoms with Gasteiger partial charge in [-0.2, -0.15) is 0 Å². The molecule has 6 heteroatoms. The molecule has 5 aliphatic rings. The van der Waals surface area contributed by atoms with Crippen molar-refractivity contribution in [3.63, 3.8) is 0 Å². The van der Waals surface area contributed by atoms with Crippen LogP contribution in [0, 0.1) is 46.3 Å². The number of carbonyl (C=O) groups excluding carboxylic acids is 1. The van der Waals surface area contributed by atoms with Crippen LogP contribution in [0.2, 0.25) is 0 Å². The van der Waals surface area contributed by atoms with Crippen molar-refractivity contribution < 1.29 is 29.6 Å². The molecule has 3 N–H and O–H groups in total. The summed E-state index contributed by atoms with van der Waals surface area (Å²) < 4.78 is 10.8. The van der Waals surface area contributed by atoms with Crippen LogP contribution in [0.15, 0.2) is 0 Å². The van der Waals surface area contributed by atoms with E-state index in [0.29, 0.717) is 61.4 Å². The molecular formula is C29H48O6. The van der Waals surface area contributed by atoms with E-state index in [1.807, 2.05) is 0 Å². The summed E-state index contributed by atoms with van der Waals surface area (Å²) in [7, 11) is 0. The Kier molecular flexibility index (Phi) is 7.33. The second-order valence-corrected chi connectivity index (χ2v) is 13.4. The predicted octanol–water partition coefficient (Wildman–Crippen LogP) is 4.43. The lowest BCUT2D eigenvalue weighted by Gasteiger charge is -2.62. The first-order valence-electron chi connectivity index (χ1n) is 14.5. The van der Waals surface area contributed by atoms with Gasteiger partial charge in [0.05, 0.1) is 18.8 Å². The minimum absolute atomic E-state index is 0.152. The molecule has 1 aliphatic heterocycles. The minimum atomic E-state index is -0.822. The fourth-order valence-corrected chi connectivity index (χ4v) is 9.82. The summed E-state index contributed by atoms with van der Waals surface area (Å²) in [5.41, 5.74) is 0.489. The number of hydrogen-bond donors (Lipinski definition) is 3. The van der Waals surface area contributed by atoms with Crippen LogP contribution in [0.1, 0.15) is 97.8 Å². The molecule has 6 nitrogen and oxygen atoms in total. The molecule has 0 bridgehead atoms. The molecule has 0 spiro atoms. The second kappa shape index (κ2) is 9.89. The summed E-state index contributed by atoms with van der Waals surface area (Å²) in [5, 5.41) is 31.3. The molecule has 1 saturated heterocycles. The van der Waals surface area contributed by atoms with E-state index >= 15 is 0 Å². The lowest BCUT2D eigenvalue weighted by atomic mass is 9.43. The summed E-state index contributed by atoms with van der Waals surface area (Å²) in [6.45, 7) is 7.70. The standard InChI is InChI=1S/C29H48O6/c1-17(4-7-25(32)35-20-10-13-34-26(33)16-20)21-5-6-22-27-23(9-12-29(21,22)3)28(2)11-8-19(30)14-18(28)15-24(27)31/h17-24,26-27,30-31,33H,4-16H2,1-3H3. The third kappa shape index (κ3) is 4.70. The van der Waals surface area contributed by atoms with Gasteiger partial charge in [0, 0.05) is 19.3 Å². The quantitative estimate of drug-likeness (QED) is 0.491. The average Bonchev–Trinajstić information content (AvgIpc) is 3.16. The second-order valence-electron chi connectivity index (χ2n) is 13.4. The number of esters is 1. The molecule has 0 radical (unpaired) electrons. The van der Waals surface area contributed by atoms with Gasteiger partial charge in [0.15, 0.2) is 6.29 Å². The molecule has 200 valence electrons. The molecule has 0 aromatic heterocycles. The van der Waals surface area contributed by atoms with Gasteiger partial charge in [-0.15, -0.1) is 0 Å². The molecule has 0 amide bonds. The van der Waals surface area contributed by atoms with Crippen LogP contribution in [-0.2, 0) is 14.3 Å². The van der Waals surface area contributed by atoms with E-state index in [9.17, 15) is 20.1 Å². The normalized spacial score (nSPS) is 50.5. The number of aliphatic hydroxyl groups excluding tert-OH is 3. The maximum absolute atomic E-state index is 12.5. The van der Waals surface area contributed by atoms with Crippen LogP contribution in [0.5, 0.6) is 0 Å². The Labute approximate surface area is 211 Å². The monoisotopic (exact) mass is 492 g/mol. The first-order chi connectivity index (χ1) is 16.6. The summed E-state index contributed by atoms with van der Waals surface area (Å²) in [6.07, 6.45) is 9.33. The third-order valence-corrected chi connectivity index (χ3v) is 11.7. The van der Waals surface area contributed by atoms with Gasteiger partial charge in [0.2, 0.25) is 0 Å². The SMILES string of the molecule is CC(CCC(=O)OC1CCOC(O)C1)C1CCC2C3C(O)CC4CC(O)CCC4(C)C3CCC12C. The van der Waals surface area contributed by atoms with Crippen molar-refractivity contribution in [3.05, 3.63) is 0 Å². The smallest absolute Gasteiger partial charge is 0.306 e. The van der Waals surface area contributed by atoms with E-state index in [2.05, 4.69) is 20.8 Å². The molecule has 1 heterocycles. The first-order valence-corrected chi connectivity index (χ1v) is 14.5. The highest BCUT2D eigenvalue weighted by Crippen LogP contribution is 2.68. The van der Waals surface area contributed by atoms with Crippen LogP contribution < -0.4 is 0 Å². The summed E-state index contributed by atoms with van der Waals surface area (Å²) >= 11 is 0. The number of rotatable bonds is 5. The summed E-state index contributed by atoms with van der Waals surface area (Å²) in [5.74, 6) is 2.84. The van der Waals surface area contributed by atoms with Crippen molar-refractivity contribution in [2.75, 3.05) is 6.61 Å². The van der Waals surface area contributed by atoms with Gasteiger partial charge in [0.1, 0.15) is 6.10 Å². The first kappa shape index (κ1) is 25.9. The fourth-order valence-electron chi connectivity index (χ4n) is 9.82. The molecule has 5 fully saturated rings. The molecule has 4 aliphatic carbocycles. The highest BCUT2D eigenvalue weighted by molar-refractivity contribution is 5.69. The molecule has 5 rings (SSSR count). The van der Waals surface area contributed by atoms with Crippen molar-refractivity contribution >= 4 is 5.97 Å². The number of hydrogen-bond acceptors (Lipinski definition) is 6. The Hall–Kier alpha value is -0.690. The molecular weight excluding hydrogens is 444 g/mol. The van der Waals surface area contributed by atoms with Crippen LogP contribution in [0.25, 0.3) is 0 Å². The minimum Gasteiger partial charge on any atom is -0.462 e. The molecule has 0 aromatic carbocycles. The van der Waals surface area contributed by atoms with E-state index in [0.717, 1.165) is 32.1 Å². The Morgan fingerprint density at radius 2 is 1.71 bits per heavy atom. The Balaban J connectivity index is 1.21. The predicted molar refractivity (Wildman–Crippen MR) is 132 cm³/mol. The summed E-state index contributed by atoms with van der Waals surface area (Å²) in [6, 6.07) is 0.